The van der Waals surface area contributed by atoms with Gasteiger partial charge in [-0.25, -0.2) is 5.84 Å². The first-order valence-corrected chi connectivity index (χ1v) is 6.77. The summed E-state index contributed by atoms with van der Waals surface area (Å²) >= 11 is 3.29. The Morgan fingerprint density at radius 1 is 1.52 bits per heavy atom. The van der Waals surface area contributed by atoms with E-state index in [1.54, 1.807) is 31.2 Å². The number of hydrogen-bond acceptors (Lipinski definition) is 5. The Kier molecular flexibility index (Phi) is 4.62. The highest BCUT2D eigenvalue weighted by Gasteiger charge is 2.15. The molecule has 0 atom stereocenters. The number of hydrazine groups is 1. The third-order valence-electron chi connectivity index (χ3n) is 2.74. The summed E-state index contributed by atoms with van der Waals surface area (Å²) in [6.45, 7) is 1.84. The number of rotatable bonds is 4. The van der Waals surface area contributed by atoms with E-state index < -0.39 is 5.91 Å². The molecule has 0 bridgehead atoms. The topological polar surface area (TPSA) is 101 Å². The fourth-order valence-corrected chi connectivity index (χ4v) is 2.14. The van der Waals surface area contributed by atoms with Crippen LogP contribution in [-0.2, 0) is 6.61 Å². The molecule has 0 radical (unpaired) electrons. The second-order valence-corrected chi connectivity index (χ2v) is 5.15. The molecule has 0 spiro atoms. The summed E-state index contributed by atoms with van der Waals surface area (Å²) in [6, 6.07) is 8.86. The number of aryl methyl sites for hydroxylation is 1. The van der Waals surface area contributed by atoms with Gasteiger partial charge in [0.05, 0.1) is 5.56 Å². The highest BCUT2D eigenvalue weighted by Crippen LogP contribution is 2.24. The smallest absolute Gasteiger partial charge is 0.301 e. The van der Waals surface area contributed by atoms with Gasteiger partial charge in [0.25, 0.3) is 0 Å². The monoisotopic (exact) mass is 349 g/mol. The maximum Gasteiger partial charge on any atom is 0.301 e. The second-order valence-electron chi connectivity index (χ2n) is 4.24. The van der Waals surface area contributed by atoms with Gasteiger partial charge in [-0.1, -0.05) is 15.9 Å². The number of carbonyl (C=O) groups is 1. The number of benzene rings is 1. The molecule has 0 fully saturated rings. The molecule has 2 rings (SSSR count). The number of amides is 1. The molecule has 21 heavy (non-hydrogen) atoms. The molecule has 0 unspecified atom stereocenters. The van der Waals surface area contributed by atoms with E-state index in [4.69, 9.17) is 20.3 Å². The zero-order chi connectivity index (χ0) is 15.4. The number of hydrogen-bond donors (Lipinski definition) is 2. The van der Waals surface area contributed by atoms with Crippen LogP contribution in [0.2, 0.25) is 0 Å². The molecule has 2 aromatic rings. The molecule has 7 heteroatoms. The largest absolute Gasteiger partial charge is 0.484 e. The first kappa shape index (κ1) is 15.1. The van der Waals surface area contributed by atoms with Gasteiger partial charge >= 0.3 is 5.91 Å². The van der Waals surface area contributed by atoms with Crippen LogP contribution in [0.15, 0.2) is 33.2 Å². The molecule has 0 saturated carbocycles. The van der Waals surface area contributed by atoms with Gasteiger partial charge in [0, 0.05) is 10.0 Å². The predicted octanol–water partition coefficient (Wildman–Crippen LogP) is 2.40. The SMILES string of the molecule is Cc1cc(COc2ccc(Br)cc2C#N)oc1C(=O)NN. The zero-order valence-electron chi connectivity index (χ0n) is 11.1. The number of nitrogens with zero attached hydrogens (tertiary/aromatic N) is 1. The van der Waals surface area contributed by atoms with Crippen molar-refractivity contribution in [1.82, 2.24) is 5.43 Å². The Bertz CT molecular complexity index is 719. The summed E-state index contributed by atoms with van der Waals surface area (Å²) < 4.78 is 11.7. The number of nitrogens with two attached hydrogens (primary N) is 1. The van der Waals surface area contributed by atoms with Crippen LogP contribution in [0.4, 0.5) is 0 Å². The maximum absolute atomic E-state index is 11.4. The first-order chi connectivity index (χ1) is 10.0. The maximum atomic E-state index is 11.4. The van der Waals surface area contributed by atoms with Crippen LogP contribution < -0.4 is 16.0 Å². The molecule has 108 valence electrons. The summed E-state index contributed by atoms with van der Waals surface area (Å²) in [5, 5.41) is 9.05. The number of nitrogen functional groups attached to an aromatic ring is 1. The molecule has 3 N–H and O–H groups in total. The second kappa shape index (κ2) is 6.43. The normalized spacial score (nSPS) is 10.0. The number of halogens is 1. The molecule has 0 saturated heterocycles. The number of carbonyl (C=O) groups excluding carboxylic acids is 1. The van der Waals surface area contributed by atoms with Gasteiger partial charge in [0.1, 0.15) is 24.2 Å². The Hall–Kier alpha value is -2.30. The van der Waals surface area contributed by atoms with Crippen molar-refractivity contribution in [2.24, 2.45) is 5.84 Å². The average Bonchev–Trinajstić information content (AvgIpc) is 2.86. The lowest BCUT2D eigenvalue weighted by Gasteiger charge is -2.06. The Labute approximate surface area is 129 Å². The average molecular weight is 350 g/mol. The van der Waals surface area contributed by atoms with Crippen LogP contribution in [0.1, 0.15) is 27.4 Å². The molecule has 1 aromatic carbocycles. The highest BCUT2D eigenvalue weighted by atomic mass is 79.9. The van der Waals surface area contributed by atoms with Gasteiger partial charge in [0.2, 0.25) is 0 Å². The predicted molar refractivity (Wildman–Crippen MR) is 78.3 cm³/mol. The number of nitrogens with one attached hydrogen (secondary N) is 1. The van der Waals surface area contributed by atoms with Gasteiger partial charge in [-0.15, -0.1) is 0 Å². The standard InChI is InChI=1S/C14H12BrN3O3/c1-8-4-11(21-13(8)14(19)18-17)7-20-12-3-2-10(15)5-9(12)6-16/h2-5H,7,17H2,1H3,(H,18,19). The molecule has 6 nitrogen and oxygen atoms in total. The van der Waals surface area contributed by atoms with E-state index in [-0.39, 0.29) is 12.4 Å². The van der Waals surface area contributed by atoms with E-state index in [1.165, 1.54) is 0 Å². The van der Waals surface area contributed by atoms with Crippen molar-refractivity contribution in [1.29, 1.82) is 5.26 Å². The van der Waals surface area contributed by atoms with Gasteiger partial charge in [-0.05, 0) is 31.2 Å². The lowest BCUT2D eigenvalue weighted by Crippen LogP contribution is -2.30. The number of nitriles is 1. The minimum Gasteiger partial charge on any atom is -0.484 e. The van der Waals surface area contributed by atoms with Crippen molar-refractivity contribution in [3.05, 3.63) is 51.4 Å². The fourth-order valence-electron chi connectivity index (χ4n) is 1.77. The molecule has 1 aromatic heterocycles. The quantitative estimate of drug-likeness (QED) is 0.501. The molecule has 0 aliphatic heterocycles. The van der Waals surface area contributed by atoms with E-state index in [0.29, 0.717) is 22.6 Å². The third-order valence-corrected chi connectivity index (χ3v) is 3.23. The number of furan rings is 1. The summed E-state index contributed by atoms with van der Waals surface area (Å²) in [5.74, 6) is 5.63. The van der Waals surface area contributed by atoms with Crippen molar-refractivity contribution in [3.8, 4) is 11.8 Å². The van der Waals surface area contributed by atoms with Crippen LogP contribution in [0.5, 0.6) is 5.75 Å². The van der Waals surface area contributed by atoms with Crippen LogP contribution >= 0.6 is 15.9 Å². The van der Waals surface area contributed by atoms with Crippen molar-refractivity contribution in [2.45, 2.75) is 13.5 Å². The van der Waals surface area contributed by atoms with E-state index in [1.807, 2.05) is 5.43 Å². The summed E-state index contributed by atoms with van der Waals surface area (Å²) in [7, 11) is 0. The first-order valence-electron chi connectivity index (χ1n) is 5.98. The highest BCUT2D eigenvalue weighted by molar-refractivity contribution is 9.10. The Balaban J connectivity index is 2.14. The summed E-state index contributed by atoms with van der Waals surface area (Å²) in [5.41, 5.74) is 3.08. The van der Waals surface area contributed by atoms with E-state index >= 15 is 0 Å². The third kappa shape index (κ3) is 3.42. The number of ether oxygens (including phenoxy) is 1. The van der Waals surface area contributed by atoms with Crippen molar-refractivity contribution in [3.63, 3.8) is 0 Å². The van der Waals surface area contributed by atoms with Crippen molar-refractivity contribution < 1.29 is 13.9 Å². The molecule has 1 amide bonds. The molecular weight excluding hydrogens is 338 g/mol. The lowest BCUT2D eigenvalue weighted by molar-refractivity contribution is 0.0921. The summed E-state index contributed by atoms with van der Waals surface area (Å²) in [6.07, 6.45) is 0. The fraction of sp³-hybridized carbons (Fsp3) is 0.143. The zero-order valence-corrected chi connectivity index (χ0v) is 12.7. The van der Waals surface area contributed by atoms with Gasteiger partial charge in [-0.3, -0.25) is 10.2 Å². The minimum atomic E-state index is -0.500. The van der Waals surface area contributed by atoms with Crippen LogP contribution in [-0.4, -0.2) is 5.91 Å². The van der Waals surface area contributed by atoms with E-state index in [0.717, 1.165) is 4.47 Å². The lowest BCUT2D eigenvalue weighted by atomic mass is 10.2. The molecular formula is C14H12BrN3O3. The van der Waals surface area contributed by atoms with Crippen LogP contribution in [0.3, 0.4) is 0 Å². The Morgan fingerprint density at radius 3 is 2.95 bits per heavy atom. The van der Waals surface area contributed by atoms with E-state index in [2.05, 4.69) is 22.0 Å². The van der Waals surface area contributed by atoms with Crippen LogP contribution in [0.25, 0.3) is 0 Å². The van der Waals surface area contributed by atoms with Crippen molar-refractivity contribution >= 4 is 21.8 Å². The van der Waals surface area contributed by atoms with E-state index in [9.17, 15) is 4.79 Å². The molecule has 0 aliphatic carbocycles. The molecule has 1 heterocycles. The van der Waals surface area contributed by atoms with Crippen LogP contribution in [0, 0.1) is 18.3 Å². The van der Waals surface area contributed by atoms with Gasteiger partial charge in [0.15, 0.2) is 5.76 Å². The van der Waals surface area contributed by atoms with Crippen molar-refractivity contribution in [2.75, 3.05) is 0 Å². The summed E-state index contributed by atoms with van der Waals surface area (Å²) in [4.78, 5) is 11.4. The Morgan fingerprint density at radius 2 is 2.29 bits per heavy atom. The molecule has 0 aliphatic rings. The minimum absolute atomic E-state index is 0.106. The van der Waals surface area contributed by atoms with Gasteiger partial charge < -0.3 is 9.15 Å². The van der Waals surface area contributed by atoms with Gasteiger partial charge in [-0.2, -0.15) is 5.26 Å².